The Morgan fingerprint density at radius 3 is 1.83 bits per heavy atom. The highest BCUT2D eigenvalue weighted by Gasteiger charge is 2.20. The molecule has 0 saturated heterocycles. The lowest BCUT2D eigenvalue weighted by Gasteiger charge is -2.10. The normalized spacial score (nSPS) is 11.2. The Kier molecular flexibility index (Phi) is 4.46. The van der Waals surface area contributed by atoms with Gasteiger partial charge in [0.05, 0.1) is 10.0 Å². The van der Waals surface area contributed by atoms with Crippen LogP contribution in [0, 0.1) is 0 Å². The number of nitrogens with two attached hydrogens (primary N) is 2. The number of benzene rings is 3. The predicted octanol–water partition coefficient (Wildman–Crippen LogP) is 7.90. The zero-order chi connectivity index (χ0) is 20.8. The van der Waals surface area contributed by atoms with Gasteiger partial charge < -0.3 is 11.5 Å². The summed E-state index contributed by atoms with van der Waals surface area (Å²) in [6, 6.07) is 21.1. The molecule has 0 bridgehead atoms. The maximum atomic E-state index is 6.57. The Bertz CT molecular complexity index is 1420. The van der Waals surface area contributed by atoms with Gasteiger partial charge in [0.15, 0.2) is 0 Å². The number of thiophene rings is 2. The molecular weight excluding hydrogens is 404 g/mol. The molecule has 0 aliphatic rings. The van der Waals surface area contributed by atoms with Crippen LogP contribution in [0.15, 0.2) is 73.8 Å². The number of anilines is 2. The molecule has 0 fully saturated rings. The fourth-order valence-electron chi connectivity index (χ4n) is 3.93. The first-order valence-electron chi connectivity index (χ1n) is 9.59. The zero-order valence-corrected chi connectivity index (χ0v) is 17.9. The van der Waals surface area contributed by atoms with Crippen LogP contribution in [0.2, 0.25) is 0 Å². The Morgan fingerprint density at radius 1 is 0.700 bits per heavy atom. The van der Waals surface area contributed by atoms with Crippen molar-refractivity contribution in [2.45, 2.75) is 0 Å². The fourth-order valence-corrected chi connectivity index (χ4v) is 5.96. The summed E-state index contributed by atoms with van der Waals surface area (Å²) < 4.78 is 2.36. The van der Waals surface area contributed by atoms with Crippen LogP contribution in [-0.2, 0) is 0 Å². The van der Waals surface area contributed by atoms with E-state index >= 15 is 0 Å². The van der Waals surface area contributed by atoms with Crippen molar-refractivity contribution in [1.29, 1.82) is 0 Å². The molecule has 30 heavy (non-hydrogen) atoms. The minimum absolute atomic E-state index is 0.816. The first kappa shape index (κ1) is 18.7. The Balaban J connectivity index is 1.89. The van der Waals surface area contributed by atoms with Gasteiger partial charge >= 0.3 is 0 Å². The minimum Gasteiger partial charge on any atom is -0.391 e. The molecular formula is C26H20N2S2. The number of fused-ring (bicyclic) bond motifs is 2. The van der Waals surface area contributed by atoms with Crippen molar-refractivity contribution in [1.82, 2.24) is 0 Å². The van der Waals surface area contributed by atoms with E-state index in [1.54, 1.807) is 22.7 Å². The number of rotatable bonds is 4. The standard InChI is InChI=1S/C26H20N2S2/c1-3-15-5-9-17(10-6-15)22-24-20(13-19-14-21(27)30-25(19)22)29-26(28)23(24)18-11-7-16(4-2)8-12-18/h3-14H,1-2,27-28H2. The molecule has 2 nitrogen and oxygen atoms in total. The zero-order valence-electron chi connectivity index (χ0n) is 16.3. The van der Waals surface area contributed by atoms with Crippen LogP contribution in [0.1, 0.15) is 11.1 Å². The lowest BCUT2D eigenvalue weighted by atomic mass is 9.94. The molecule has 2 heterocycles. The maximum absolute atomic E-state index is 6.57. The van der Waals surface area contributed by atoms with E-state index in [-0.39, 0.29) is 0 Å². The van der Waals surface area contributed by atoms with Crippen molar-refractivity contribution in [3.8, 4) is 22.3 Å². The molecule has 0 amide bonds. The van der Waals surface area contributed by atoms with Gasteiger partial charge in [-0.25, -0.2) is 0 Å². The molecule has 0 spiro atoms. The third kappa shape index (κ3) is 2.93. The van der Waals surface area contributed by atoms with E-state index in [1.807, 2.05) is 12.2 Å². The largest absolute Gasteiger partial charge is 0.391 e. The summed E-state index contributed by atoms with van der Waals surface area (Å²) in [5.74, 6) is 0. The molecule has 0 aliphatic heterocycles. The summed E-state index contributed by atoms with van der Waals surface area (Å²) in [5, 5.41) is 3.98. The molecule has 0 unspecified atom stereocenters. The van der Waals surface area contributed by atoms with Crippen LogP contribution in [0.4, 0.5) is 10.0 Å². The van der Waals surface area contributed by atoms with Gasteiger partial charge in [0.2, 0.25) is 0 Å². The second-order valence-corrected chi connectivity index (χ2v) is 9.35. The van der Waals surface area contributed by atoms with Gasteiger partial charge in [-0.05, 0) is 39.8 Å². The maximum Gasteiger partial charge on any atom is 0.0948 e. The van der Waals surface area contributed by atoms with E-state index < -0.39 is 0 Å². The fraction of sp³-hybridized carbons (Fsp3) is 0. The van der Waals surface area contributed by atoms with E-state index in [2.05, 4.69) is 73.8 Å². The third-order valence-electron chi connectivity index (χ3n) is 5.38. The molecule has 2 aromatic heterocycles. The van der Waals surface area contributed by atoms with Crippen molar-refractivity contribution < 1.29 is 0 Å². The SMILES string of the molecule is C=Cc1ccc(-c2c(N)sc3cc4cc(N)sc4c(-c4ccc(C=C)cc4)c23)cc1. The van der Waals surface area contributed by atoms with Crippen molar-refractivity contribution in [3.05, 3.63) is 84.9 Å². The molecule has 0 aliphatic carbocycles. The number of hydrogen-bond acceptors (Lipinski definition) is 4. The Hall–Kier alpha value is -3.34. The topological polar surface area (TPSA) is 52.0 Å². The molecule has 0 atom stereocenters. The first-order chi connectivity index (χ1) is 14.6. The summed E-state index contributed by atoms with van der Waals surface area (Å²) in [7, 11) is 0. The lowest BCUT2D eigenvalue weighted by molar-refractivity contribution is 1.64. The van der Waals surface area contributed by atoms with Gasteiger partial charge in [0.1, 0.15) is 0 Å². The first-order valence-corrected chi connectivity index (χ1v) is 11.2. The van der Waals surface area contributed by atoms with Crippen LogP contribution in [0.3, 0.4) is 0 Å². The van der Waals surface area contributed by atoms with Crippen LogP contribution in [0.5, 0.6) is 0 Å². The van der Waals surface area contributed by atoms with Crippen LogP contribution >= 0.6 is 22.7 Å². The van der Waals surface area contributed by atoms with Crippen molar-refractivity contribution in [2.75, 3.05) is 11.5 Å². The summed E-state index contributed by atoms with van der Waals surface area (Å²) >= 11 is 3.26. The Labute approximate surface area is 183 Å². The molecule has 4 N–H and O–H groups in total. The quantitative estimate of drug-likeness (QED) is 0.308. The van der Waals surface area contributed by atoms with Crippen molar-refractivity contribution >= 4 is 65.0 Å². The molecule has 146 valence electrons. The smallest absolute Gasteiger partial charge is 0.0948 e. The number of nitrogen functional groups attached to an aromatic ring is 2. The van der Waals surface area contributed by atoms with E-state index in [9.17, 15) is 0 Å². The molecule has 4 heteroatoms. The molecule has 0 saturated carbocycles. The van der Waals surface area contributed by atoms with E-state index in [0.29, 0.717) is 0 Å². The molecule has 0 radical (unpaired) electrons. The summed E-state index contributed by atoms with van der Waals surface area (Å²) in [5.41, 5.74) is 19.5. The Morgan fingerprint density at radius 2 is 1.27 bits per heavy atom. The third-order valence-corrected chi connectivity index (χ3v) is 7.34. The second-order valence-electron chi connectivity index (χ2n) is 7.19. The van der Waals surface area contributed by atoms with Gasteiger partial charge in [0.25, 0.3) is 0 Å². The van der Waals surface area contributed by atoms with Gasteiger partial charge in [-0.1, -0.05) is 73.8 Å². The molecule has 5 aromatic rings. The molecule has 5 rings (SSSR count). The van der Waals surface area contributed by atoms with Gasteiger partial charge in [-0.15, -0.1) is 22.7 Å². The highest BCUT2D eigenvalue weighted by molar-refractivity contribution is 7.25. The van der Waals surface area contributed by atoms with Crippen molar-refractivity contribution in [2.24, 2.45) is 0 Å². The van der Waals surface area contributed by atoms with Crippen LogP contribution in [0.25, 0.3) is 54.6 Å². The predicted molar refractivity (Wildman–Crippen MR) is 137 cm³/mol. The summed E-state index contributed by atoms with van der Waals surface area (Å²) in [6.07, 6.45) is 3.71. The molecule has 3 aromatic carbocycles. The second kappa shape index (κ2) is 7.17. The van der Waals surface area contributed by atoms with E-state index in [4.69, 9.17) is 11.5 Å². The summed E-state index contributed by atoms with van der Waals surface area (Å²) in [6.45, 7) is 7.73. The summed E-state index contributed by atoms with van der Waals surface area (Å²) in [4.78, 5) is 0. The highest BCUT2D eigenvalue weighted by Crippen LogP contribution is 2.50. The van der Waals surface area contributed by atoms with Gasteiger partial charge in [0, 0.05) is 25.9 Å². The van der Waals surface area contributed by atoms with Gasteiger partial charge in [-0.3, -0.25) is 0 Å². The van der Waals surface area contributed by atoms with Crippen LogP contribution in [-0.4, -0.2) is 0 Å². The van der Waals surface area contributed by atoms with E-state index in [1.165, 1.54) is 20.3 Å². The average Bonchev–Trinajstić information content (AvgIpc) is 3.29. The lowest BCUT2D eigenvalue weighted by Crippen LogP contribution is -1.87. The monoisotopic (exact) mass is 424 g/mol. The van der Waals surface area contributed by atoms with E-state index in [0.717, 1.165) is 43.2 Å². The minimum atomic E-state index is 0.816. The van der Waals surface area contributed by atoms with Crippen molar-refractivity contribution in [3.63, 3.8) is 0 Å². The van der Waals surface area contributed by atoms with Gasteiger partial charge in [-0.2, -0.15) is 0 Å². The average molecular weight is 425 g/mol. The highest BCUT2D eigenvalue weighted by atomic mass is 32.1. The van der Waals surface area contributed by atoms with Crippen LogP contribution < -0.4 is 11.5 Å². The number of hydrogen-bond donors (Lipinski definition) is 2.